The molecule has 4 rings (SSSR count). The van der Waals surface area contributed by atoms with Crippen molar-refractivity contribution in [3.05, 3.63) is 64.1 Å². The molecule has 11 nitrogen and oxygen atoms in total. The van der Waals surface area contributed by atoms with Gasteiger partial charge in [0.2, 0.25) is 11.8 Å². The van der Waals surface area contributed by atoms with Crippen molar-refractivity contribution in [1.82, 2.24) is 5.32 Å². The van der Waals surface area contributed by atoms with Gasteiger partial charge in [0.25, 0.3) is 0 Å². The fourth-order valence-corrected chi connectivity index (χ4v) is 4.88. The van der Waals surface area contributed by atoms with Crippen LogP contribution in [0.5, 0.6) is 17.2 Å². The lowest BCUT2D eigenvalue weighted by Crippen LogP contribution is -2.41. The summed E-state index contributed by atoms with van der Waals surface area (Å²) in [6, 6.07) is 6.59. The Hall–Kier alpha value is -4.93. The first-order valence-corrected chi connectivity index (χ1v) is 12.5. The van der Waals surface area contributed by atoms with Gasteiger partial charge in [0.15, 0.2) is 17.3 Å². The molecule has 1 aliphatic heterocycles. The molecule has 2 amide bonds. The lowest BCUT2D eigenvalue weighted by atomic mass is 9.70. The van der Waals surface area contributed by atoms with Crippen LogP contribution in [0, 0.1) is 6.92 Å². The topological polar surface area (TPSA) is 171 Å². The Morgan fingerprint density at radius 2 is 1.55 bits per heavy atom. The molecule has 0 spiro atoms. The van der Waals surface area contributed by atoms with Crippen molar-refractivity contribution >= 4 is 40.5 Å². The molecule has 40 heavy (non-hydrogen) atoms. The molecule has 0 radical (unpaired) electrons. The molecule has 208 valence electrons. The average Bonchev–Trinajstić information content (AvgIpc) is 3.16. The van der Waals surface area contributed by atoms with Crippen molar-refractivity contribution < 1.29 is 38.9 Å². The summed E-state index contributed by atoms with van der Waals surface area (Å²) in [6.07, 6.45) is 1.15. The van der Waals surface area contributed by atoms with Crippen LogP contribution < -0.4 is 20.7 Å². The van der Waals surface area contributed by atoms with Crippen LogP contribution in [0.25, 0.3) is 0 Å². The third kappa shape index (κ3) is 4.70. The summed E-state index contributed by atoms with van der Waals surface area (Å²) in [6.45, 7) is 7.15. The number of phenolic OH excluding ortho intramolecular Hbond substituents is 2. The Kier molecular flexibility index (Phi) is 7.25. The molecule has 0 bridgehead atoms. The molecule has 0 fully saturated rings. The molecule has 0 aromatic heterocycles. The predicted molar refractivity (Wildman–Crippen MR) is 145 cm³/mol. The summed E-state index contributed by atoms with van der Waals surface area (Å²) in [5.41, 5.74) is -0.603. The number of nitrogens with one attached hydrogen (secondary N) is 3. The first kappa shape index (κ1) is 28.1. The number of allylic oxidation sites excluding steroid dienone is 4. The molecule has 1 atom stereocenters. The molecule has 0 saturated heterocycles. The smallest absolute Gasteiger partial charge is 0.226 e. The van der Waals surface area contributed by atoms with Crippen molar-refractivity contribution in [1.29, 1.82) is 0 Å². The molecule has 0 unspecified atom stereocenters. The normalized spacial score (nSPS) is 18.7. The summed E-state index contributed by atoms with van der Waals surface area (Å²) in [7, 11) is 0. The molecule has 2 aromatic carbocycles. The van der Waals surface area contributed by atoms with Gasteiger partial charge in [0, 0.05) is 48.6 Å². The molecule has 2 aliphatic rings. The highest BCUT2D eigenvalue weighted by molar-refractivity contribution is 6.31. The van der Waals surface area contributed by atoms with E-state index in [1.807, 2.05) is 0 Å². The van der Waals surface area contributed by atoms with Gasteiger partial charge in [-0.25, -0.2) is 0 Å². The Morgan fingerprint density at radius 3 is 2.12 bits per heavy atom. The van der Waals surface area contributed by atoms with E-state index in [4.69, 9.17) is 4.74 Å². The Morgan fingerprint density at radius 1 is 0.950 bits per heavy atom. The maximum absolute atomic E-state index is 13.8. The number of carbonyl (C=O) groups is 5. The maximum atomic E-state index is 13.8. The van der Waals surface area contributed by atoms with Gasteiger partial charge >= 0.3 is 0 Å². The highest BCUT2D eigenvalue weighted by Crippen LogP contribution is 2.57. The molecule has 1 heterocycles. The number of phenols is 2. The number of benzene rings is 2. The fraction of sp³-hybridized carbons (Fsp3) is 0.276. The molecule has 2 aromatic rings. The zero-order valence-corrected chi connectivity index (χ0v) is 22.6. The SMILES string of the molecule is CC(=O)Nc1ccc(NC(=O)CCNC(C)=C2C(=O)C=C3Oc4c(C(C)=O)c(O)c(C)c(O)c4[C@@]3(C)C2=O)cc1. The van der Waals surface area contributed by atoms with E-state index in [2.05, 4.69) is 16.0 Å². The minimum absolute atomic E-state index is 0.00551. The zero-order chi connectivity index (χ0) is 29.5. The number of anilines is 2. The first-order valence-electron chi connectivity index (χ1n) is 12.5. The molecule has 11 heteroatoms. The Labute approximate surface area is 229 Å². The molecular weight excluding hydrogens is 518 g/mol. The van der Waals surface area contributed by atoms with Crippen LogP contribution in [0.15, 0.2) is 47.4 Å². The van der Waals surface area contributed by atoms with Gasteiger partial charge in [-0.15, -0.1) is 0 Å². The van der Waals surface area contributed by atoms with Gasteiger partial charge in [-0.05, 0) is 52.0 Å². The van der Waals surface area contributed by atoms with Crippen molar-refractivity contribution in [3.63, 3.8) is 0 Å². The number of amides is 2. The van der Waals surface area contributed by atoms with E-state index in [9.17, 15) is 34.2 Å². The highest BCUT2D eigenvalue weighted by atomic mass is 16.5. The second-order valence-electron chi connectivity index (χ2n) is 9.87. The van der Waals surface area contributed by atoms with E-state index >= 15 is 0 Å². The number of ketones is 3. The average molecular weight is 548 g/mol. The summed E-state index contributed by atoms with van der Waals surface area (Å²) in [4.78, 5) is 62.6. The Balaban J connectivity index is 1.53. The second kappa shape index (κ2) is 10.3. The largest absolute Gasteiger partial charge is 0.507 e. The molecule has 5 N–H and O–H groups in total. The lowest BCUT2D eigenvalue weighted by Gasteiger charge is -2.29. The molecule has 0 saturated carbocycles. The zero-order valence-electron chi connectivity index (χ0n) is 22.6. The van der Waals surface area contributed by atoms with Crippen molar-refractivity contribution in [2.75, 3.05) is 17.2 Å². The number of aromatic hydroxyl groups is 2. The summed E-state index contributed by atoms with van der Waals surface area (Å²) >= 11 is 0. The standard InChI is InChI=1S/C29H29N3O8/c1-13-25(37)23(15(3)33)27-24(26(13)38)29(5)20(40-27)12-19(35)22(28(29)39)14(2)30-11-10-21(36)32-18-8-6-17(7-9-18)31-16(4)34/h6-9,12,30,37-38H,10-11H2,1-5H3,(H,31,34)(H,32,36)/t29-/m0/s1. The van der Waals surface area contributed by atoms with Gasteiger partial charge in [-0.1, -0.05) is 0 Å². The number of Topliss-reactive ketones (excluding diaryl/α,β-unsaturated/α-hetero) is 2. The van der Waals surface area contributed by atoms with Gasteiger partial charge in [0.05, 0.1) is 11.1 Å². The highest BCUT2D eigenvalue weighted by Gasteiger charge is 2.56. The van der Waals surface area contributed by atoms with E-state index in [-0.39, 0.29) is 64.2 Å². The van der Waals surface area contributed by atoms with E-state index in [0.29, 0.717) is 11.4 Å². The fourth-order valence-electron chi connectivity index (χ4n) is 4.88. The van der Waals surface area contributed by atoms with E-state index in [1.165, 1.54) is 34.6 Å². The molecule has 1 aliphatic carbocycles. The Bertz CT molecular complexity index is 1550. The quantitative estimate of drug-likeness (QED) is 0.198. The maximum Gasteiger partial charge on any atom is 0.226 e. The number of hydrogen-bond acceptors (Lipinski definition) is 9. The summed E-state index contributed by atoms with van der Waals surface area (Å²) in [5, 5.41) is 29.7. The van der Waals surface area contributed by atoms with Crippen LogP contribution in [-0.4, -0.2) is 45.9 Å². The van der Waals surface area contributed by atoms with Crippen molar-refractivity contribution in [2.24, 2.45) is 0 Å². The van der Waals surface area contributed by atoms with Crippen LogP contribution in [0.1, 0.15) is 55.6 Å². The van der Waals surface area contributed by atoms with Crippen LogP contribution in [0.3, 0.4) is 0 Å². The minimum Gasteiger partial charge on any atom is -0.507 e. The van der Waals surface area contributed by atoms with Gasteiger partial charge < -0.3 is 30.9 Å². The van der Waals surface area contributed by atoms with Crippen LogP contribution in [-0.2, 0) is 24.6 Å². The summed E-state index contributed by atoms with van der Waals surface area (Å²) in [5.74, 6) is -3.42. The van der Waals surface area contributed by atoms with Crippen LogP contribution >= 0.6 is 0 Å². The van der Waals surface area contributed by atoms with Crippen LogP contribution in [0.4, 0.5) is 11.4 Å². The third-order valence-electron chi connectivity index (χ3n) is 6.99. The minimum atomic E-state index is -1.62. The van der Waals surface area contributed by atoms with Crippen molar-refractivity contribution in [2.45, 2.75) is 46.5 Å². The van der Waals surface area contributed by atoms with Gasteiger partial charge in [-0.2, -0.15) is 0 Å². The molecular formula is C29H29N3O8. The number of carbonyl (C=O) groups excluding carboxylic acids is 5. The second-order valence-corrected chi connectivity index (χ2v) is 9.87. The van der Waals surface area contributed by atoms with Crippen LogP contribution in [0.2, 0.25) is 0 Å². The first-order chi connectivity index (χ1) is 18.8. The van der Waals surface area contributed by atoms with E-state index in [1.54, 1.807) is 24.3 Å². The predicted octanol–water partition coefficient (Wildman–Crippen LogP) is 3.15. The lowest BCUT2D eigenvalue weighted by molar-refractivity contribution is -0.123. The van der Waals surface area contributed by atoms with E-state index < -0.39 is 34.3 Å². The number of rotatable bonds is 7. The third-order valence-corrected chi connectivity index (χ3v) is 6.99. The number of fused-ring (bicyclic) bond motifs is 3. The summed E-state index contributed by atoms with van der Waals surface area (Å²) < 4.78 is 5.75. The van der Waals surface area contributed by atoms with Gasteiger partial charge in [0.1, 0.15) is 34.0 Å². The van der Waals surface area contributed by atoms with Crippen molar-refractivity contribution in [3.8, 4) is 17.2 Å². The number of ether oxygens (including phenoxy) is 1. The van der Waals surface area contributed by atoms with Gasteiger partial charge in [-0.3, -0.25) is 24.0 Å². The number of hydrogen-bond donors (Lipinski definition) is 5. The monoisotopic (exact) mass is 547 g/mol. The van der Waals surface area contributed by atoms with E-state index in [0.717, 1.165) is 6.08 Å².